The molecule has 0 bridgehead atoms. The van der Waals surface area contributed by atoms with E-state index in [0.717, 1.165) is 0 Å². The Kier molecular flexibility index (Phi) is 3.68. The minimum absolute atomic E-state index is 0.0547. The zero-order valence-electron chi connectivity index (χ0n) is 8.52. The van der Waals surface area contributed by atoms with Gasteiger partial charge in [-0.1, -0.05) is 6.92 Å². The van der Waals surface area contributed by atoms with Crippen molar-refractivity contribution in [3.63, 3.8) is 0 Å². The first-order chi connectivity index (χ1) is 5.33. The Labute approximate surface area is 73.7 Å². The lowest BCUT2D eigenvalue weighted by molar-refractivity contribution is -0.143. The second-order valence-corrected chi connectivity index (χ2v) is 3.56. The molecule has 0 aliphatic heterocycles. The second kappa shape index (κ2) is 3.87. The van der Waals surface area contributed by atoms with Crippen molar-refractivity contribution >= 4 is 5.91 Å². The highest BCUT2D eigenvalue weighted by Crippen LogP contribution is 2.18. The maximum atomic E-state index is 13.4. The molecule has 0 N–H and O–H groups in total. The lowest BCUT2D eigenvalue weighted by Crippen LogP contribution is -2.44. The number of carbonyl (C=O) groups excluding carboxylic acids is 1. The third kappa shape index (κ3) is 2.47. The molecular formula is C9H18FNO. The number of carbonyl (C=O) groups is 1. The van der Waals surface area contributed by atoms with E-state index in [0.29, 0.717) is 0 Å². The first-order valence-corrected chi connectivity index (χ1v) is 4.29. The van der Waals surface area contributed by atoms with Crippen molar-refractivity contribution in [3.05, 3.63) is 0 Å². The lowest BCUT2D eigenvalue weighted by atomic mass is 10.0. The summed E-state index contributed by atoms with van der Waals surface area (Å²) in [4.78, 5) is 12.8. The van der Waals surface area contributed by atoms with Crippen LogP contribution in [-0.4, -0.2) is 29.6 Å². The van der Waals surface area contributed by atoms with Crippen LogP contribution in [0.4, 0.5) is 4.39 Å². The summed E-state index contributed by atoms with van der Waals surface area (Å²) in [6, 6.07) is 0.0547. The Balaban J connectivity index is 4.39. The van der Waals surface area contributed by atoms with Crippen molar-refractivity contribution in [1.29, 1.82) is 0 Å². The summed E-state index contributed by atoms with van der Waals surface area (Å²) >= 11 is 0. The van der Waals surface area contributed by atoms with Crippen LogP contribution < -0.4 is 0 Å². The fourth-order valence-electron chi connectivity index (χ4n) is 0.753. The molecular weight excluding hydrogens is 157 g/mol. The van der Waals surface area contributed by atoms with Gasteiger partial charge in [-0.05, 0) is 27.2 Å². The highest BCUT2D eigenvalue weighted by molar-refractivity contribution is 5.84. The zero-order valence-corrected chi connectivity index (χ0v) is 8.52. The van der Waals surface area contributed by atoms with Crippen LogP contribution in [0.15, 0.2) is 0 Å². The molecule has 2 nitrogen and oxygen atoms in total. The van der Waals surface area contributed by atoms with Crippen molar-refractivity contribution in [2.24, 2.45) is 0 Å². The van der Waals surface area contributed by atoms with E-state index in [9.17, 15) is 9.18 Å². The lowest BCUT2D eigenvalue weighted by Gasteiger charge is -2.28. The van der Waals surface area contributed by atoms with Gasteiger partial charge < -0.3 is 4.90 Å². The number of hydrogen-bond acceptors (Lipinski definition) is 1. The summed E-state index contributed by atoms with van der Waals surface area (Å²) in [6.45, 7) is 6.73. The largest absolute Gasteiger partial charge is 0.341 e. The van der Waals surface area contributed by atoms with Crippen LogP contribution in [0.3, 0.4) is 0 Å². The molecule has 72 valence electrons. The number of hydrogen-bond donors (Lipinski definition) is 0. The first kappa shape index (κ1) is 11.4. The average molecular weight is 175 g/mol. The van der Waals surface area contributed by atoms with Gasteiger partial charge in [-0.3, -0.25) is 4.79 Å². The zero-order chi connectivity index (χ0) is 9.94. The normalized spacial score (nSPS) is 15.9. The molecule has 0 aromatic rings. The van der Waals surface area contributed by atoms with Crippen LogP contribution in [0.2, 0.25) is 0 Å². The third-order valence-corrected chi connectivity index (χ3v) is 2.20. The van der Waals surface area contributed by atoms with Crippen LogP contribution in [0, 0.1) is 0 Å². The number of nitrogens with zero attached hydrogens (tertiary/aromatic N) is 1. The molecule has 0 aliphatic rings. The Morgan fingerprint density at radius 3 is 2.25 bits per heavy atom. The molecule has 12 heavy (non-hydrogen) atoms. The summed E-state index contributed by atoms with van der Waals surface area (Å²) in [5, 5.41) is 0. The maximum Gasteiger partial charge on any atom is 0.259 e. The van der Waals surface area contributed by atoms with Crippen LogP contribution in [0.1, 0.15) is 34.1 Å². The molecule has 0 heterocycles. The summed E-state index contributed by atoms with van der Waals surface area (Å²) in [7, 11) is 1.63. The topological polar surface area (TPSA) is 20.3 Å². The number of halogens is 1. The van der Waals surface area contributed by atoms with E-state index >= 15 is 0 Å². The van der Waals surface area contributed by atoms with E-state index in [1.165, 1.54) is 11.8 Å². The van der Waals surface area contributed by atoms with Gasteiger partial charge in [0.25, 0.3) is 5.91 Å². The molecule has 0 saturated carbocycles. The van der Waals surface area contributed by atoms with Crippen LogP contribution in [0.5, 0.6) is 0 Å². The molecule has 1 atom stereocenters. The van der Waals surface area contributed by atoms with E-state index in [2.05, 4.69) is 0 Å². The van der Waals surface area contributed by atoms with Gasteiger partial charge in [0.1, 0.15) is 0 Å². The molecule has 0 fully saturated rings. The molecule has 1 amide bonds. The van der Waals surface area contributed by atoms with Crippen molar-refractivity contribution in [2.75, 3.05) is 7.05 Å². The second-order valence-electron chi connectivity index (χ2n) is 3.56. The summed E-state index contributed by atoms with van der Waals surface area (Å²) in [5.41, 5.74) is -1.71. The molecule has 0 saturated heterocycles. The van der Waals surface area contributed by atoms with Crippen LogP contribution in [0.25, 0.3) is 0 Å². The quantitative estimate of drug-likeness (QED) is 0.642. The molecule has 0 radical (unpaired) electrons. The van der Waals surface area contributed by atoms with Gasteiger partial charge in [-0.25, -0.2) is 4.39 Å². The van der Waals surface area contributed by atoms with Gasteiger partial charge in [0.05, 0.1) is 0 Å². The fourth-order valence-corrected chi connectivity index (χ4v) is 0.753. The monoisotopic (exact) mass is 175 g/mol. The molecule has 0 spiro atoms. The van der Waals surface area contributed by atoms with Crippen LogP contribution >= 0.6 is 0 Å². The van der Waals surface area contributed by atoms with E-state index < -0.39 is 11.6 Å². The summed E-state index contributed by atoms with van der Waals surface area (Å²) in [5.74, 6) is -0.431. The number of amides is 1. The third-order valence-electron chi connectivity index (χ3n) is 2.20. The summed E-state index contributed by atoms with van der Waals surface area (Å²) in [6.07, 6.45) is 0.225. The van der Waals surface area contributed by atoms with Gasteiger partial charge in [0.2, 0.25) is 0 Å². The van der Waals surface area contributed by atoms with E-state index in [1.54, 1.807) is 14.0 Å². The smallest absolute Gasteiger partial charge is 0.259 e. The number of rotatable bonds is 3. The number of alkyl halides is 1. The fraction of sp³-hybridized carbons (Fsp3) is 0.889. The standard InChI is InChI=1S/C9H18FNO/c1-6-9(4,10)8(12)11(5)7(2)3/h7H,6H2,1-5H3. The average Bonchev–Trinajstić information content (AvgIpc) is 2.01. The molecule has 3 heteroatoms. The maximum absolute atomic E-state index is 13.4. The predicted molar refractivity (Wildman–Crippen MR) is 47.7 cm³/mol. The van der Waals surface area contributed by atoms with E-state index in [1.807, 2.05) is 13.8 Å². The molecule has 0 aromatic heterocycles. The van der Waals surface area contributed by atoms with E-state index in [-0.39, 0.29) is 12.5 Å². The Morgan fingerprint density at radius 2 is 2.00 bits per heavy atom. The van der Waals surface area contributed by atoms with Crippen molar-refractivity contribution in [1.82, 2.24) is 4.90 Å². The van der Waals surface area contributed by atoms with E-state index in [4.69, 9.17) is 0 Å². The van der Waals surface area contributed by atoms with Gasteiger partial charge in [0.15, 0.2) is 5.67 Å². The minimum Gasteiger partial charge on any atom is -0.341 e. The molecule has 0 rings (SSSR count). The highest BCUT2D eigenvalue weighted by Gasteiger charge is 2.34. The van der Waals surface area contributed by atoms with Crippen LogP contribution in [-0.2, 0) is 4.79 Å². The highest BCUT2D eigenvalue weighted by atomic mass is 19.1. The SMILES string of the molecule is CCC(C)(F)C(=O)N(C)C(C)C. The van der Waals surface area contributed by atoms with Gasteiger partial charge in [-0.2, -0.15) is 0 Å². The Bertz CT molecular complexity index is 166. The van der Waals surface area contributed by atoms with Gasteiger partial charge >= 0.3 is 0 Å². The predicted octanol–water partition coefficient (Wildman–Crippen LogP) is 1.99. The van der Waals surface area contributed by atoms with Crippen molar-refractivity contribution in [2.45, 2.75) is 45.8 Å². The van der Waals surface area contributed by atoms with Gasteiger partial charge in [0, 0.05) is 13.1 Å². The Morgan fingerprint density at radius 1 is 1.58 bits per heavy atom. The molecule has 1 unspecified atom stereocenters. The Hall–Kier alpha value is -0.600. The molecule has 0 aliphatic carbocycles. The minimum atomic E-state index is -1.71. The van der Waals surface area contributed by atoms with Gasteiger partial charge in [-0.15, -0.1) is 0 Å². The van der Waals surface area contributed by atoms with Crippen molar-refractivity contribution < 1.29 is 9.18 Å². The summed E-state index contributed by atoms with van der Waals surface area (Å²) < 4.78 is 13.4. The van der Waals surface area contributed by atoms with Crippen molar-refractivity contribution in [3.8, 4) is 0 Å². The first-order valence-electron chi connectivity index (χ1n) is 4.29. The molecule has 0 aromatic carbocycles.